The monoisotopic (exact) mass is 158 g/mol. The number of rotatable bonds is 5. The molecule has 0 aliphatic rings. The topological polar surface area (TPSA) is 40.5 Å². The van der Waals surface area contributed by atoms with E-state index < -0.39 is 11.7 Å². The van der Waals surface area contributed by atoms with Gasteiger partial charge in [0.2, 0.25) is 0 Å². The normalized spacial score (nSPS) is 14.5. The largest absolute Gasteiger partial charge is 0.390 e. The minimum Gasteiger partial charge on any atom is -0.390 e. The molecule has 66 valence electrons. The Kier molecular flexibility index (Phi) is 4.38. The molecule has 2 heteroatoms. The first-order valence-corrected chi connectivity index (χ1v) is 4.00. The molecule has 0 aromatic rings. The molecule has 1 atom stereocenters. The number of unbranched alkanes of at least 4 members (excludes halogenated alkanes) is 1. The van der Waals surface area contributed by atoms with Gasteiger partial charge >= 0.3 is 0 Å². The van der Waals surface area contributed by atoms with Crippen LogP contribution in [0.3, 0.4) is 0 Å². The average molecular weight is 158 g/mol. The summed E-state index contributed by atoms with van der Waals surface area (Å²) in [4.78, 5) is 0. The van der Waals surface area contributed by atoms with E-state index in [1.165, 1.54) is 0 Å². The number of hydrogen-bond donors (Lipinski definition) is 2. The van der Waals surface area contributed by atoms with Gasteiger partial charge in [0.1, 0.15) is 0 Å². The van der Waals surface area contributed by atoms with Gasteiger partial charge in [-0.1, -0.05) is 6.08 Å². The van der Waals surface area contributed by atoms with E-state index in [4.69, 9.17) is 0 Å². The summed E-state index contributed by atoms with van der Waals surface area (Å²) in [6, 6.07) is 0. The van der Waals surface area contributed by atoms with Crippen LogP contribution in [0.1, 0.15) is 33.1 Å². The summed E-state index contributed by atoms with van der Waals surface area (Å²) < 4.78 is 0. The fourth-order valence-electron chi connectivity index (χ4n) is 0.809. The van der Waals surface area contributed by atoms with Gasteiger partial charge in [0.25, 0.3) is 0 Å². The van der Waals surface area contributed by atoms with Crippen LogP contribution in [0.4, 0.5) is 0 Å². The Morgan fingerprint density at radius 1 is 1.55 bits per heavy atom. The number of hydrogen-bond acceptors (Lipinski definition) is 2. The molecule has 0 spiro atoms. The second-order valence-corrected chi connectivity index (χ2v) is 3.39. The molecule has 0 aliphatic heterocycles. The lowest BCUT2D eigenvalue weighted by Crippen LogP contribution is -2.35. The lowest BCUT2D eigenvalue weighted by atomic mass is 9.97. The van der Waals surface area contributed by atoms with Crippen LogP contribution >= 0.6 is 0 Å². The van der Waals surface area contributed by atoms with Crippen molar-refractivity contribution in [2.45, 2.75) is 44.8 Å². The number of aliphatic hydroxyl groups is 2. The van der Waals surface area contributed by atoms with Crippen molar-refractivity contribution < 1.29 is 10.2 Å². The number of allylic oxidation sites excluding steroid dienone is 1. The van der Waals surface area contributed by atoms with Crippen LogP contribution in [0.25, 0.3) is 0 Å². The summed E-state index contributed by atoms with van der Waals surface area (Å²) in [6.45, 7) is 6.81. The van der Waals surface area contributed by atoms with Crippen molar-refractivity contribution in [3.63, 3.8) is 0 Å². The molecule has 0 bridgehead atoms. The molecule has 0 fully saturated rings. The second-order valence-electron chi connectivity index (χ2n) is 3.39. The van der Waals surface area contributed by atoms with Gasteiger partial charge < -0.3 is 10.2 Å². The van der Waals surface area contributed by atoms with E-state index in [0.717, 1.165) is 12.8 Å². The first-order valence-electron chi connectivity index (χ1n) is 4.00. The Balaban J connectivity index is 3.52. The maximum Gasteiger partial charge on any atom is 0.0849 e. The summed E-state index contributed by atoms with van der Waals surface area (Å²) in [5.41, 5.74) is -0.971. The molecule has 11 heavy (non-hydrogen) atoms. The molecular weight excluding hydrogens is 140 g/mol. The molecule has 0 aromatic carbocycles. The highest BCUT2D eigenvalue weighted by Gasteiger charge is 2.23. The molecule has 0 aromatic heterocycles. The molecule has 0 heterocycles. The Morgan fingerprint density at radius 3 is 2.45 bits per heavy atom. The molecule has 0 unspecified atom stereocenters. The fourth-order valence-corrected chi connectivity index (χ4v) is 0.809. The summed E-state index contributed by atoms with van der Waals surface area (Å²) in [6.07, 6.45) is 3.61. The second kappa shape index (κ2) is 4.52. The van der Waals surface area contributed by atoms with E-state index >= 15 is 0 Å². The third-order valence-corrected chi connectivity index (χ3v) is 1.70. The van der Waals surface area contributed by atoms with E-state index in [1.807, 2.05) is 6.08 Å². The zero-order valence-electron chi connectivity index (χ0n) is 7.38. The Hall–Kier alpha value is -0.340. The lowest BCUT2D eigenvalue weighted by Gasteiger charge is -2.24. The third-order valence-electron chi connectivity index (χ3n) is 1.70. The highest BCUT2D eigenvalue weighted by molar-refractivity contribution is 4.77. The van der Waals surface area contributed by atoms with Gasteiger partial charge in [-0.2, -0.15) is 0 Å². The molecular formula is C9H18O2. The fraction of sp³-hybridized carbons (Fsp3) is 0.778. The minimum absolute atomic E-state index is 0.623. The van der Waals surface area contributed by atoms with Crippen molar-refractivity contribution >= 4 is 0 Å². The molecule has 0 aliphatic carbocycles. The SMILES string of the molecule is C=CCCC[C@@H](O)C(C)(C)O. The zero-order chi connectivity index (χ0) is 8.91. The highest BCUT2D eigenvalue weighted by Crippen LogP contribution is 2.14. The highest BCUT2D eigenvalue weighted by atomic mass is 16.3. The Bertz CT molecular complexity index is 113. The van der Waals surface area contributed by atoms with Crippen LogP contribution in [0.5, 0.6) is 0 Å². The van der Waals surface area contributed by atoms with Crippen LogP contribution < -0.4 is 0 Å². The van der Waals surface area contributed by atoms with Crippen LogP contribution in [0, 0.1) is 0 Å². The Morgan fingerprint density at radius 2 is 2.09 bits per heavy atom. The predicted octanol–water partition coefficient (Wildman–Crippen LogP) is 1.47. The summed E-state index contributed by atoms with van der Waals surface area (Å²) in [7, 11) is 0. The Labute approximate surface area is 68.6 Å². The van der Waals surface area contributed by atoms with Crippen LogP contribution in [-0.2, 0) is 0 Å². The molecule has 2 N–H and O–H groups in total. The van der Waals surface area contributed by atoms with Crippen molar-refractivity contribution in [3.8, 4) is 0 Å². The van der Waals surface area contributed by atoms with Crippen molar-refractivity contribution in [2.75, 3.05) is 0 Å². The lowest BCUT2D eigenvalue weighted by molar-refractivity contribution is -0.0518. The molecule has 0 saturated carbocycles. The minimum atomic E-state index is -0.971. The van der Waals surface area contributed by atoms with Gasteiger partial charge in [-0.05, 0) is 33.1 Å². The summed E-state index contributed by atoms with van der Waals surface area (Å²) in [5, 5.41) is 18.6. The van der Waals surface area contributed by atoms with Gasteiger partial charge in [-0.15, -0.1) is 6.58 Å². The van der Waals surface area contributed by atoms with Crippen molar-refractivity contribution in [1.29, 1.82) is 0 Å². The standard InChI is InChI=1S/C9H18O2/c1-4-5-6-7-8(10)9(2,3)11/h4,8,10-11H,1,5-7H2,2-3H3/t8-/m1/s1. The zero-order valence-corrected chi connectivity index (χ0v) is 7.38. The molecule has 0 radical (unpaired) electrons. The van der Waals surface area contributed by atoms with Crippen molar-refractivity contribution in [2.24, 2.45) is 0 Å². The van der Waals surface area contributed by atoms with E-state index in [-0.39, 0.29) is 0 Å². The van der Waals surface area contributed by atoms with Crippen LogP contribution in [0.15, 0.2) is 12.7 Å². The molecule has 0 rings (SSSR count). The first kappa shape index (κ1) is 10.7. The van der Waals surface area contributed by atoms with Gasteiger partial charge in [-0.25, -0.2) is 0 Å². The molecule has 0 amide bonds. The van der Waals surface area contributed by atoms with Gasteiger partial charge in [0.15, 0.2) is 0 Å². The van der Waals surface area contributed by atoms with Crippen molar-refractivity contribution in [1.82, 2.24) is 0 Å². The van der Waals surface area contributed by atoms with Crippen molar-refractivity contribution in [3.05, 3.63) is 12.7 Å². The molecule has 2 nitrogen and oxygen atoms in total. The maximum atomic E-state index is 9.33. The maximum absolute atomic E-state index is 9.33. The quantitative estimate of drug-likeness (QED) is 0.470. The summed E-state index contributed by atoms with van der Waals surface area (Å²) >= 11 is 0. The predicted molar refractivity (Wildman–Crippen MR) is 46.4 cm³/mol. The van der Waals surface area contributed by atoms with Gasteiger partial charge in [0.05, 0.1) is 11.7 Å². The van der Waals surface area contributed by atoms with E-state index in [9.17, 15) is 10.2 Å². The van der Waals surface area contributed by atoms with E-state index in [1.54, 1.807) is 13.8 Å². The van der Waals surface area contributed by atoms with Crippen LogP contribution in [0.2, 0.25) is 0 Å². The molecule has 0 saturated heterocycles. The van der Waals surface area contributed by atoms with E-state index in [0.29, 0.717) is 6.42 Å². The van der Waals surface area contributed by atoms with Crippen LogP contribution in [-0.4, -0.2) is 21.9 Å². The van der Waals surface area contributed by atoms with Gasteiger partial charge in [0, 0.05) is 0 Å². The average Bonchev–Trinajstić information content (AvgIpc) is 1.86. The number of aliphatic hydroxyl groups excluding tert-OH is 1. The van der Waals surface area contributed by atoms with Gasteiger partial charge in [-0.3, -0.25) is 0 Å². The third kappa shape index (κ3) is 4.99. The van der Waals surface area contributed by atoms with E-state index in [2.05, 4.69) is 6.58 Å². The summed E-state index contributed by atoms with van der Waals surface area (Å²) in [5.74, 6) is 0. The first-order chi connectivity index (χ1) is 4.98. The smallest absolute Gasteiger partial charge is 0.0849 e.